The first-order valence-corrected chi connectivity index (χ1v) is 7.58. The molecule has 0 unspecified atom stereocenters. The van der Waals surface area contributed by atoms with Crippen molar-refractivity contribution in [3.63, 3.8) is 0 Å². The number of benzene rings is 1. The lowest BCUT2D eigenvalue weighted by atomic mass is 10.1. The lowest BCUT2D eigenvalue weighted by Crippen LogP contribution is -2.33. The monoisotopic (exact) mass is 274 g/mol. The minimum absolute atomic E-state index is 0.764. The fourth-order valence-electron chi connectivity index (χ4n) is 2.45. The van der Waals surface area contributed by atoms with Gasteiger partial charge in [0.05, 0.1) is 0 Å². The fourth-order valence-corrected chi connectivity index (χ4v) is 2.45. The van der Waals surface area contributed by atoms with Crippen molar-refractivity contribution in [3.8, 4) is 5.75 Å². The van der Waals surface area contributed by atoms with E-state index >= 15 is 0 Å². The number of ether oxygens (including phenoxy) is 1. The minimum atomic E-state index is 0.764. The van der Waals surface area contributed by atoms with Crippen LogP contribution in [0.5, 0.6) is 5.75 Å². The van der Waals surface area contributed by atoms with Crippen molar-refractivity contribution in [2.45, 2.75) is 26.8 Å². The molecule has 1 aliphatic heterocycles. The van der Waals surface area contributed by atoms with Crippen molar-refractivity contribution in [2.24, 2.45) is 0 Å². The van der Waals surface area contributed by atoms with Gasteiger partial charge >= 0.3 is 0 Å². The van der Waals surface area contributed by atoms with E-state index in [4.69, 9.17) is 4.74 Å². The molecule has 0 fully saturated rings. The van der Waals surface area contributed by atoms with Crippen LogP contribution in [0.1, 0.15) is 25.8 Å². The van der Waals surface area contributed by atoms with E-state index in [-0.39, 0.29) is 0 Å². The third-order valence-corrected chi connectivity index (χ3v) is 3.59. The van der Waals surface area contributed by atoms with E-state index in [9.17, 15) is 0 Å². The Hall–Kier alpha value is -1.32. The van der Waals surface area contributed by atoms with Gasteiger partial charge in [-0.1, -0.05) is 30.7 Å². The van der Waals surface area contributed by atoms with Crippen molar-refractivity contribution < 1.29 is 4.74 Å². The van der Waals surface area contributed by atoms with Gasteiger partial charge in [-0.25, -0.2) is 0 Å². The maximum atomic E-state index is 5.82. The molecule has 0 atom stereocenters. The highest BCUT2D eigenvalue weighted by molar-refractivity contribution is 5.27. The summed E-state index contributed by atoms with van der Waals surface area (Å²) in [5.74, 6) is 0.967. The summed E-state index contributed by atoms with van der Waals surface area (Å²) in [5, 5.41) is 3.32. The van der Waals surface area contributed by atoms with Crippen molar-refractivity contribution in [1.29, 1.82) is 0 Å². The molecule has 1 aromatic rings. The van der Waals surface area contributed by atoms with Crippen molar-refractivity contribution in [3.05, 3.63) is 41.5 Å². The van der Waals surface area contributed by atoms with E-state index in [1.54, 1.807) is 0 Å². The van der Waals surface area contributed by atoms with Crippen LogP contribution >= 0.6 is 0 Å². The molecule has 1 N–H and O–H groups in total. The zero-order valence-corrected chi connectivity index (χ0v) is 12.7. The molecule has 0 aromatic heterocycles. The average molecular weight is 274 g/mol. The molecule has 0 spiro atoms. The average Bonchev–Trinajstić information content (AvgIpc) is 2.46. The normalized spacial score (nSPS) is 16.0. The maximum Gasteiger partial charge on any atom is 0.119 e. The van der Waals surface area contributed by atoms with Gasteiger partial charge in [-0.3, -0.25) is 4.90 Å². The Morgan fingerprint density at radius 1 is 1.25 bits per heavy atom. The Balaban J connectivity index is 1.70. The largest absolute Gasteiger partial charge is 0.492 e. The molecule has 0 radical (unpaired) electrons. The van der Waals surface area contributed by atoms with Crippen LogP contribution in [0, 0.1) is 0 Å². The first-order valence-electron chi connectivity index (χ1n) is 7.58. The number of nitrogens with zero attached hydrogens (tertiary/aromatic N) is 1. The second-order valence-corrected chi connectivity index (χ2v) is 5.39. The van der Waals surface area contributed by atoms with Crippen LogP contribution in [0.3, 0.4) is 0 Å². The lowest BCUT2D eigenvalue weighted by molar-refractivity contribution is 0.217. The zero-order valence-electron chi connectivity index (χ0n) is 12.7. The molecular formula is C17H26N2O. The van der Waals surface area contributed by atoms with Gasteiger partial charge in [0.25, 0.3) is 0 Å². The van der Waals surface area contributed by atoms with E-state index < -0.39 is 0 Å². The predicted molar refractivity (Wildman–Crippen MR) is 84.1 cm³/mol. The Kier molecular flexibility index (Phi) is 6.09. The molecule has 0 aliphatic carbocycles. The number of nitrogens with one attached hydrogen (secondary N) is 1. The van der Waals surface area contributed by atoms with Crippen LogP contribution in [0.25, 0.3) is 0 Å². The Labute approximate surface area is 122 Å². The predicted octanol–water partition coefficient (Wildman–Crippen LogP) is 2.83. The van der Waals surface area contributed by atoms with Gasteiger partial charge in [0.1, 0.15) is 12.4 Å². The minimum Gasteiger partial charge on any atom is -0.492 e. The van der Waals surface area contributed by atoms with Crippen molar-refractivity contribution in [2.75, 3.05) is 32.8 Å². The van der Waals surface area contributed by atoms with Gasteiger partial charge in [0.2, 0.25) is 0 Å². The van der Waals surface area contributed by atoms with Gasteiger partial charge < -0.3 is 10.1 Å². The van der Waals surface area contributed by atoms with Crippen LogP contribution < -0.4 is 10.1 Å². The van der Waals surface area contributed by atoms with Gasteiger partial charge in [0, 0.05) is 26.2 Å². The zero-order chi connectivity index (χ0) is 14.2. The second kappa shape index (κ2) is 8.08. The molecule has 3 heteroatoms. The Bertz CT molecular complexity index is 425. The van der Waals surface area contributed by atoms with E-state index in [0.717, 1.165) is 45.1 Å². The van der Waals surface area contributed by atoms with Gasteiger partial charge in [-0.05, 0) is 37.6 Å². The molecule has 3 nitrogen and oxygen atoms in total. The van der Waals surface area contributed by atoms with Crippen LogP contribution in [0.15, 0.2) is 35.9 Å². The first kappa shape index (κ1) is 15.1. The van der Waals surface area contributed by atoms with Crippen molar-refractivity contribution in [1.82, 2.24) is 10.2 Å². The van der Waals surface area contributed by atoms with E-state index in [0.29, 0.717) is 0 Å². The molecule has 1 heterocycles. The summed E-state index contributed by atoms with van der Waals surface area (Å²) in [7, 11) is 0. The smallest absolute Gasteiger partial charge is 0.119 e. The fraction of sp³-hybridized carbons (Fsp3) is 0.529. The third-order valence-electron chi connectivity index (χ3n) is 3.59. The lowest BCUT2D eigenvalue weighted by Gasteiger charge is -2.25. The molecule has 2 rings (SSSR count). The molecular weight excluding hydrogens is 248 g/mol. The first-order chi connectivity index (χ1) is 9.78. The second-order valence-electron chi connectivity index (χ2n) is 5.39. The summed E-state index contributed by atoms with van der Waals surface area (Å²) in [6.45, 7) is 10.3. The van der Waals surface area contributed by atoms with Crippen LogP contribution in [-0.4, -0.2) is 37.7 Å². The number of rotatable bonds is 7. The van der Waals surface area contributed by atoms with Gasteiger partial charge in [-0.15, -0.1) is 0 Å². The summed E-state index contributed by atoms with van der Waals surface area (Å²) in [4.78, 5) is 2.45. The van der Waals surface area contributed by atoms with Crippen molar-refractivity contribution >= 4 is 0 Å². The summed E-state index contributed by atoms with van der Waals surface area (Å²) < 4.78 is 5.82. The quantitative estimate of drug-likeness (QED) is 0.774. The highest BCUT2D eigenvalue weighted by Gasteiger charge is 2.09. The molecule has 110 valence electrons. The summed E-state index contributed by atoms with van der Waals surface area (Å²) in [6.07, 6.45) is 3.51. The molecule has 0 saturated carbocycles. The molecule has 20 heavy (non-hydrogen) atoms. The summed E-state index contributed by atoms with van der Waals surface area (Å²) in [5.41, 5.74) is 2.78. The molecule has 1 aliphatic rings. The number of hydrogen-bond acceptors (Lipinski definition) is 3. The van der Waals surface area contributed by atoms with E-state index in [2.05, 4.69) is 54.4 Å². The standard InChI is InChI=1S/C17H26N2O/c1-3-18-13-16-6-8-17(9-7-16)20-12-11-19-10-4-5-15(2)14-19/h5-9,18H,3-4,10-14H2,1-2H3. The Morgan fingerprint density at radius 3 is 2.75 bits per heavy atom. The third kappa shape index (κ3) is 4.99. The van der Waals surface area contributed by atoms with Gasteiger partial charge in [0.15, 0.2) is 0 Å². The molecule has 1 aromatic carbocycles. The van der Waals surface area contributed by atoms with Gasteiger partial charge in [-0.2, -0.15) is 0 Å². The number of hydrogen-bond donors (Lipinski definition) is 1. The molecule has 0 saturated heterocycles. The Morgan fingerprint density at radius 2 is 2.05 bits per heavy atom. The van der Waals surface area contributed by atoms with Crippen LogP contribution in [-0.2, 0) is 6.54 Å². The topological polar surface area (TPSA) is 24.5 Å². The molecule has 0 bridgehead atoms. The highest BCUT2D eigenvalue weighted by Crippen LogP contribution is 2.13. The van der Waals surface area contributed by atoms with E-state index in [1.165, 1.54) is 17.6 Å². The van der Waals surface area contributed by atoms with Crippen LogP contribution in [0.2, 0.25) is 0 Å². The van der Waals surface area contributed by atoms with E-state index in [1.807, 2.05) is 0 Å². The summed E-state index contributed by atoms with van der Waals surface area (Å²) >= 11 is 0. The SMILES string of the molecule is CCNCc1ccc(OCCN2CCC=C(C)C2)cc1. The van der Waals surface area contributed by atoms with Crippen LogP contribution in [0.4, 0.5) is 0 Å². The summed E-state index contributed by atoms with van der Waals surface area (Å²) in [6, 6.07) is 8.39. The highest BCUT2D eigenvalue weighted by atomic mass is 16.5. The molecule has 0 amide bonds. The maximum absolute atomic E-state index is 5.82.